The van der Waals surface area contributed by atoms with Gasteiger partial charge in [0.1, 0.15) is 5.60 Å². The van der Waals surface area contributed by atoms with Gasteiger partial charge in [0, 0.05) is 43.4 Å². The second-order valence-corrected chi connectivity index (χ2v) is 10.1. The Hall–Kier alpha value is -2.32. The van der Waals surface area contributed by atoms with Gasteiger partial charge in [-0.3, -0.25) is 4.79 Å². The predicted molar refractivity (Wildman–Crippen MR) is 119 cm³/mol. The van der Waals surface area contributed by atoms with Crippen LogP contribution < -0.4 is 0 Å². The average molecular weight is 420 g/mol. The van der Waals surface area contributed by atoms with Crippen LogP contribution in [0.1, 0.15) is 66.8 Å². The van der Waals surface area contributed by atoms with Crippen LogP contribution in [0.5, 0.6) is 0 Å². The van der Waals surface area contributed by atoms with Gasteiger partial charge in [-0.1, -0.05) is 18.7 Å². The fourth-order valence-electron chi connectivity index (χ4n) is 6.15. The Bertz CT molecular complexity index is 890. The van der Waals surface area contributed by atoms with E-state index >= 15 is 0 Å². The molecular formula is C26H33N3O2. The summed E-state index contributed by atoms with van der Waals surface area (Å²) in [5, 5.41) is 19.7. The van der Waals surface area contributed by atoms with Crippen LogP contribution in [0.25, 0.3) is 0 Å². The topological polar surface area (TPSA) is 67.6 Å². The molecule has 3 saturated carbocycles. The van der Waals surface area contributed by atoms with Crippen molar-refractivity contribution in [3.8, 4) is 6.07 Å². The van der Waals surface area contributed by atoms with Crippen molar-refractivity contribution in [2.75, 3.05) is 26.2 Å². The van der Waals surface area contributed by atoms with Gasteiger partial charge in [-0.15, -0.1) is 0 Å². The van der Waals surface area contributed by atoms with Crippen molar-refractivity contribution in [2.24, 2.45) is 17.8 Å². The Morgan fingerprint density at radius 3 is 2.32 bits per heavy atom. The minimum atomic E-state index is -0.688. The van der Waals surface area contributed by atoms with Crippen molar-refractivity contribution in [1.29, 1.82) is 5.26 Å². The zero-order chi connectivity index (χ0) is 21.6. The van der Waals surface area contributed by atoms with Gasteiger partial charge < -0.3 is 14.9 Å². The Labute approximate surface area is 185 Å². The molecule has 4 aliphatic rings. The van der Waals surface area contributed by atoms with Crippen LogP contribution >= 0.6 is 0 Å². The minimum Gasteiger partial charge on any atom is -0.384 e. The van der Waals surface area contributed by atoms with E-state index in [0.717, 1.165) is 56.0 Å². The summed E-state index contributed by atoms with van der Waals surface area (Å²) in [5.74, 6) is 2.15. The Kier molecular flexibility index (Phi) is 5.30. The molecule has 31 heavy (non-hydrogen) atoms. The quantitative estimate of drug-likeness (QED) is 0.803. The molecule has 1 heterocycles. The highest BCUT2D eigenvalue weighted by molar-refractivity contribution is 5.94. The van der Waals surface area contributed by atoms with E-state index in [4.69, 9.17) is 0 Å². The number of amides is 1. The first-order valence-electron chi connectivity index (χ1n) is 11.9. The Morgan fingerprint density at radius 2 is 1.68 bits per heavy atom. The highest BCUT2D eigenvalue weighted by Crippen LogP contribution is 2.50. The third-order valence-corrected chi connectivity index (χ3v) is 8.42. The number of fused-ring (bicyclic) bond motifs is 1. The van der Waals surface area contributed by atoms with Gasteiger partial charge in [-0.05, 0) is 80.4 Å². The van der Waals surface area contributed by atoms with Crippen molar-refractivity contribution in [3.05, 3.63) is 47.7 Å². The van der Waals surface area contributed by atoms with Gasteiger partial charge in [0.2, 0.25) is 0 Å². The fourth-order valence-corrected chi connectivity index (χ4v) is 6.15. The molecule has 5 nitrogen and oxygen atoms in total. The molecule has 1 N–H and O–H groups in total. The molecule has 1 aromatic rings. The number of aliphatic hydroxyl groups is 1. The summed E-state index contributed by atoms with van der Waals surface area (Å²) in [6.07, 6.45) is 7.46. The Balaban J connectivity index is 1.18. The third kappa shape index (κ3) is 3.87. The smallest absolute Gasteiger partial charge is 0.253 e. The van der Waals surface area contributed by atoms with Crippen LogP contribution in [0.2, 0.25) is 0 Å². The number of hydrogen-bond donors (Lipinski definition) is 1. The molecule has 5 rings (SSSR count). The monoisotopic (exact) mass is 419 g/mol. The molecule has 164 valence electrons. The average Bonchev–Trinajstić information content (AvgIpc) is 3.44. The molecule has 1 aliphatic heterocycles. The molecule has 4 fully saturated rings. The maximum atomic E-state index is 13.0. The number of carbonyl (C=O) groups excluding carboxylic acids is 1. The van der Waals surface area contributed by atoms with Crippen LogP contribution in [0, 0.1) is 29.1 Å². The van der Waals surface area contributed by atoms with E-state index < -0.39 is 5.60 Å². The SMILES string of the molecule is C=C(N1CCN(C(=O)c2ccc(C3CCC4CCC(C#N)C4C3)cc2)CC1)C1(O)CC1. The first kappa shape index (κ1) is 20.6. The van der Waals surface area contributed by atoms with E-state index in [0.29, 0.717) is 24.9 Å². The van der Waals surface area contributed by atoms with Gasteiger partial charge in [0.15, 0.2) is 0 Å². The molecule has 1 saturated heterocycles. The number of carbonyl (C=O) groups is 1. The van der Waals surface area contributed by atoms with Crippen LogP contribution in [0.15, 0.2) is 36.5 Å². The number of rotatable bonds is 4. The summed E-state index contributed by atoms with van der Waals surface area (Å²) in [7, 11) is 0. The van der Waals surface area contributed by atoms with Gasteiger partial charge in [-0.2, -0.15) is 5.26 Å². The summed E-state index contributed by atoms with van der Waals surface area (Å²) in [6.45, 7) is 6.87. The number of benzene rings is 1. The standard InChI is InChI=1S/C26H33N3O2/c1-18(26(31)10-11-26)28-12-14-29(15-13-28)25(30)21-6-2-19(3-7-21)22-8-4-20-5-9-23(17-27)24(20)16-22/h2-3,6-7,20,22-24,31H,1,4-5,8-16H2. The zero-order valence-corrected chi connectivity index (χ0v) is 18.3. The lowest BCUT2D eigenvalue weighted by Crippen LogP contribution is -2.49. The van der Waals surface area contributed by atoms with E-state index in [2.05, 4.69) is 29.7 Å². The maximum absolute atomic E-state index is 13.0. The Morgan fingerprint density at radius 1 is 1.03 bits per heavy atom. The summed E-state index contributed by atoms with van der Waals surface area (Å²) in [5.41, 5.74) is 2.20. The van der Waals surface area contributed by atoms with Gasteiger partial charge in [-0.25, -0.2) is 0 Å². The van der Waals surface area contributed by atoms with Crippen molar-refractivity contribution in [3.63, 3.8) is 0 Å². The molecule has 0 bridgehead atoms. The van der Waals surface area contributed by atoms with E-state index in [9.17, 15) is 15.2 Å². The first-order chi connectivity index (χ1) is 15.0. The highest BCUT2D eigenvalue weighted by atomic mass is 16.3. The summed E-state index contributed by atoms with van der Waals surface area (Å²) in [4.78, 5) is 17.1. The van der Waals surface area contributed by atoms with Gasteiger partial charge in [0.05, 0.1) is 6.07 Å². The molecule has 0 aromatic heterocycles. The van der Waals surface area contributed by atoms with Crippen LogP contribution in [-0.2, 0) is 0 Å². The largest absolute Gasteiger partial charge is 0.384 e. The molecule has 4 atom stereocenters. The van der Waals surface area contributed by atoms with Gasteiger partial charge >= 0.3 is 0 Å². The molecule has 1 aromatic carbocycles. The third-order valence-electron chi connectivity index (χ3n) is 8.42. The lowest BCUT2D eigenvalue weighted by Gasteiger charge is -2.38. The second kappa shape index (κ2) is 7.98. The van der Waals surface area contributed by atoms with E-state index in [-0.39, 0.29) is 11.8 Å². The normalized spacial score (nSPS) is 31.6. The van der Waals surface area contributed by atoms with Crippen molar-refractivity contribution >= 4 is 5.91 Å². The fraction of sp³-hybridized carbons (Fsp3) is 0.615. The molecule has 0 spiro atoms. The molecule has 1 amide bonds. The lowest BCUT2D eigenvalue weighted by molar-refractivity contribution is 0.0622. The zero-order valence-electron chi connectivity index (χ0n) is 18.3. The number of piperazine rings is 1. The molecule has 5 heteroatoms. The molecule has 3 aliphatic carbocycles. The second-order valence-electron chi connectivity index (χ2n) is 10.1. The van der Waals surface area contributed by atoms with Crippen molar-refractivity contribution in [2.45, 2.75) is 56.5 Å². The van der Waals surface area contributed by atoms with Crippen LogP contribution in [0.4, 0.5) is 0 Å². The van der Waals surface area contributed by atoms with E-state index in [1.165, 1.54) is 24.8 Å². The predicted octanol–water partition coefficient (Wildman–Crippen LogP) is 3.92. The first-order valence-corrected chi connectivity index (χ1v) is 11.9. The summed E-state index contributed by atoms with van der Waals surface area (Å²) in [6, 6.07) is 10.8. The lowest BCUT2D eigenvalue weighted by atomic mass is 9.71. The van der Waals surface area contributed by atoms with E-state index in [1.807, 2.05) is 17.0 Å². The minimum absolute atomic E-state index is 0.0889. The molecular weight excluding hydrogens is 386 g/mol. The number of nitriles is 1. The van der Waals surface area contributed by atoms with Crippen LogP contribution in [-0.4, -0.2) is 52.6 Å². The molecule has 0 radical (unpaired) electrons. The van der Waals surface area contributed by atoms with Gasteiger partial charge in [0.25, 0.3) is 5.91 Å². The maximum Gasteiger partial charge on any atom is 0.253 e. The summed E-state index contributed by atoms with van der Waals surface area (Å²) >= 11 is 0. The van der Waals surface area contributed by atoms with E-state index in [1.54, 1.807) is 0 Å². The highest BCUT2D eigenvalue weighted by Gasteiger charge is 2.46. The van der Waals surface area contributed by atoms with Crippen molar-refractivity contribution < 1.29 is 9.90 Å². The number of nitrogens with zero attached hydrogens (tertiary/aromatic N) is 3. The van der Waals surface area contributed by atoms with Crippen molar-refractivity contribution in [1.82, 2.24) is 9.80 Å². The number of hydrogen-bond acceptors (Lipinski definition) is 4. The summed E-state index contributed by atoms with van der Waals surface area (Å²) < 4.78 is 0. The molecule has 4 unspecified atom stereocenters. The van der Waals surface area contributed by atoms with Crippen LogP contribution in [0.3, 0.4) is 0 Å².